The number of thioether (sulfide) groups is 1. The maximum absolute atomic E-state index is 11.6. The van der Waals surface area contributed by atoms with Crippen LogP contribution in [-0.2, 0) is 0 Å². The number of carbonyl (C=O) groups excluding carboxylic acids is 1. The van der Waals surface area contributed by atoms with Crippen molar-refractivity contribution in [3.8, 4) is 0 Å². The van der Waals surface area contributed by atoms with Crippen LogP contribution in [0, 0.1) is 13.8 Å². The highest BCUT2D eigenvalue weighted by Gasteiger charge is 2.16. The van der Waals surface area contributed by atoms with Crippen LogP contribution in [0.2, 0.25) is 0 Å². The van der Waals surface area contributed by atoms with Crippen LogP contribution in [0.3, 0.4) is 0 Å². The third kappa shape index (κ3) is 12.2. The molecule has 0 aliphatic rings. The van der Waals surface area contributed by atoms with E-state index in [1.54, 1.807) is 33.0 Å². The molecule has 0 saturated heterocycles. The summed E-state index contributed by atoms with van der Waals surface area (Å²) in [7, 11) is 0. The van der Waals surface area contributed by atoms with E-state index in [1.807, 2.05) is 20.8 Å². The van der Waals surface area contributed by atoms with Gasteiger partial charge in [0, 0.05) is 23.4 Å². The van der Waals surface area contributed by atoms with Gasteiger partial charge in [-0.1, -0.05) is 82.7 Å². The summed E-state index contributed by atoms with van der Waals surface area (Å²) in [4.78, 5) is 17.1. The van der Waals surface area contributed by atoms with Crippen molar-refractivity contribution in [1.82, 2.24) is 10.6 Å². The van der Waals surface area contributed by atoms with Gasteiger partial charge in [0.2, 0.25) is 0 Å². The van der Waals surface area contributed by atoms with Gasteiger partial charge in [-0.05, 0) is 63.8 Å². The molecule has 1 aromatic carbocycles. The van der Waals surface area contributed by atoms with Crippen molar-refractivity contribution in [3.63, 3.8) is 0 Å². The lowest BCUT2D eigenvalue weighted by Crippen LogP contribution is -2.33. The highest BCUT2D eigenvalue weighted by atomic mass is 32.2. The average molecular weight is 488 g/mol. The molecule has 1 rings (SSSR count). The minimum Gasteiger partial charge on any atom is -0.385 e. The summed E-state index contributed by atoms with van der Waals surface area (Å²) >= 11 is 1.43. The van der Waals surface area contributed by atoms with Crippen molar-refractivity contribution < 1.29 is 9.90 Å². The molecular formula is C28H45N3O2S. The van der Waals surface area contributed by atoms with Crippen molar-refractivity contribution in [2.45, 2.75) is 91.6 Å². The fourth-order valence-corrected chi connectivity index (χ4v) is 3.66. The number of aryl methyl sites for hydroxylation is 2. The van der Waals surface area contributed by atoms with Gasteiger partial charge in [-0.15, -0.1) is 0 Å². The maximum atomic E-state index is 11.6. The number of nitrogens with zero attached hydrogens (tertiary/aromatic N) is 1. The predicted molar refractivity (Wildman–Crippen MR) is 151 cm³/mol. The van der Waals surface area contributed by atoms with Crippen molar-refractivity contribution >= 4 is 29.1 Å². The Labute approximate surface area is 211 Å². The first-order valence-corrected chi connectivity index (χ1v) is 12.9. The van der Waals surface area contributed by atoms with Crippen LogP contribution in [0.4, 0.5) is 4.79 Å². The standard InChI is InChI=1S/C22H31N3O2S.C6H14/c1-9-18(13-24-16(5)22(7,8)27)19-11-14(3)20(15(4)12-19)28-17(6)25-21(26)23-10-2;1-3-5-6-4-2/h9,11-13,27H,1,6,10H2,2-5,7-8H3,(H2,23,25,26);3-6H2,1-2H3/b18-13+,24-16?;. The SMILES string of the molecule is C=C/C(=C\N=C(C)C(C)(C)O)c1cc(C)c(SC(=C)NC(=O)NCC)c(C)c1.CCCCCC. The second kappa shape index (κ2) is 16.3. The molecule has 0 atom stereocenters. The number of amides is 2. The lowest BCUT2D eigenvalue weighted by atomic mass is 10.0. The molecule has 0 spiro atoms. The summed E-state index contributed by atoms with van der Waals surface area (Å²) in [6, 6.07) is 3.85. The van der Waals surface area contributed by atoms with Crippen molar-refractivity contribution in [3.05, 3.63) is 59.3 Å². The summed E-state index contributed by atoms with van der Waals surface area (Å²) in [6.07, 6.45) is 9.00. The van der Waals surface area contributed by atoms with Crippen LogP contribution >= 0.6 is 11.8 Å². The largest absolute Gasteiger partial charge is 0.385 e. The number of urea groups is 1. The summed E-state index contributed by atoms with van der Waals surface area (Å²) in [5.41, 5.74) is 3.64. The number of hydrogen-bond donors (Lipinski definition) is 3. The summed E-state index contributed by atoms with van der Waals surface area (Å²) in [5.74, 6) is 0. The second-order valence-electron chi connectivity index (χ2n) is 8.72. The van der Waals surface area contributed by atoms with Gasteiger partial charge in [0.1, 0.15) is 0 Å². The Bertz CT molecular complexity index is 853. The van der Waals surface area contributed by atoms with Crippen LogP contribution in [0.5, 0.6) is 0 Å². The Morgan fingerprint density at radius 1 is 1.15 bits per heavy atom. The molecule has 0 unspecified atom stereocenters. The number of rotatable bonds is 11. The lowest BCUT2D eigenvalue weighted by Gasteiger charge is -2.16. The molecule has 0 aliphatic heterocycles. The smallest absolute Gasteiger partial charge is 0.319 e. The topological polar surface area (TPSA) is 73.7 Å². The van der Waals surface area contributed by atoms with E-state index in [0.29, 0.717) is 17.3 Å². The Hall–Kier alpha value is -2.31. The molecule has 0 aliphatic carbocycles. The zero-order valence-electron chi connectivity index (χ0n) is 22.5. The molecular weight excluding hydrogens is 442 g/mol. The summed E-state index contributed by atoms with van der Waals surface area (Å²) in [5, 5.41) is 16.0. The van der Waals surface area contributed by atoms with Crippen molar-refractivity contribution in [2.24, 2.45) is 4.99 Å². The number of aliphatic hydroxyl groups is 1. The van der Waals surface area contributed by atoms with E-state index in [2.05, 4.69) is 54.8 Å². The number of allylic oxidation sites excluding steroid dienone is 2. The van der Waals surface area contributed by atoms with Gasteiger partial charge in [0.15, 0.2) is 0 Å². The number of benzene rings is 1. The van der Waals surface area contributed by atoms with Gasteiger partial charge >= 0.3 is 6.03 Å². The number of carbonyl (C=O) groups is 1. The first-order chi connectivity index (χ1) is 15.9. The first kappa shape index (κ1) is 31.7. The highest BCUT2D eigenvalue weighted by molar-refractivity contribution is 8.03. The Balaban J connectivity index is 0.00000160. The van der Waals surface area contributed by atoms with Crippen LogP contribution in [0.1, 0.15) is 83.9 Å². The minimum absolute atomic E-state index is 0.260. The van der Waals surface area contributed by atoms with E-state index in [-0.39, 0.29) is 6.03 Å². The van der Waals surface area contributed by atoms with Crippen LogP contribution in [0.15, 0.2) is 52.5 Å². The van der Waals surface area contributed by atoms with E-state index in [4.69, 9.17) is 0 Å². The molecule has 2 amide bonds. The molecule has 0 radical (unpaired) electrons. The van der Waals surface area contributed by atoms with Crippen LogP contribution in [0.25, 0.3) is 5.57 Å². The number of aliphatic imine (C=N–C) groups is 1. The molecule has 190 valence electrons. The molecule has 0 saturated carbocycles. The second-order valence-corrected chi connectivity index (χ2v) is 9.82. The molecule has 0 fully saturated rings. The molecule has 0 aromatic heterocycles. The monoisotopic (exact) mass is 487 g/mol. The lowest BCUT2D eigenvalue weighted by molar-refractivity contribution is 0.153. The van der Waals surface area contributed by atoms with E-state index >= 15 is 0 Å². The molecule has 0 bridgehead atoms. The Morgan fingerprint density at radius 2 is 1.68 bits per heavy atom. The van der Waals surface area contributed by atoms with E-state index in [9.17, 15) is 9.90 Å². The van der Waals surface area contributed by atoms with Gasteiger partial charge in [-0.25, -0.2) is 4.79 Å². The zero-order chi connectivity index (χ0) is 26.3. The van der Waals surface area contributed by atoms with Gasteiger partial charge in [0.05, 0.1) is 10.6 Å². The number of unbranched alkanes of at least 4 members (excludes halogenated alkanes) is 3. The van der Waals surface area contributed by atoms with Gasteiger partial charge < -0.3 is 15.7 Å². The minimum atomic E-state index is -0.966. The molecule has 0 heterocycles. The number of nitrogens with one attached hydrogen (secondary N) is 2. The van der Waals surface area contributed by atoms with Crippen LogP contribution in [-0.4, -0.2) is 29.0 Å². The molecule has 1 aromatic rings. The fraction of sp³-hybridized carbons (Fsp3) is 0.500. The summed E-state index contributed by atoms with van der Waals surface area (Å²) < 4.78 is 0. The van der Waals surface area contributed by atoms with Gasteiger partial charge in [0.25, 0.3) is 0 Å². The Kier molecular flexibility index (Phi) is 15.2. The average Bonchev–Trinajstić information content (AvgIpc) is 2.75. The quantitative estimate of drug-likeness (QED) is 0.131. The fourth-order valence-electron chi connectivity index (χ4n) is 2.83. The molecule has 34 heavy (non-hydrogen) atoms. The van der Waals surface area contributed by atoms with Gasteiger partial charge in [-0.2, -0.15) is 0 Å². The number of hydrogen-bond acceptors (Lipinski definition) is 4. The first-order valence-electron chi connectivity index (χ1n) is 12.0. The maximum Gasteiger partial charge on any atom is 0.319 e. The third-order valence-electron chi connectivity index (χ3n) is 5.07. The molecule has 6 heteroatoms. The predicted octanol–water partition coefficient (Wildman–Crippen LogP) is 7.53. The normalized spacial score (nSPS) is 11.9. The van der Waals surface area contributed by atoms with E-state index in [1.165, 1.54) is 37.4 Å². The molecule has 5 nitrogen and oxygen atoms in total. The summed E-state index contributed by atoms with van der Waals surface area (Å²) in [6.45, 7) is 23.9. The zero-order valence-corrected chi connectivity index (χ0v) is 23.3. The van der Waals surface area contributed by atoms with Crippen LogP contribution < -0.4 is 10.6 Å². The van der Waals surface area contributed by atoms with E-state index in [0.717, 1.165) is 27.2 Å². The highest BCUT2D eigenvalue weighted by Crippen LogP contribution is 2.33. The van der Waals surface area contributed by atoms with Gasteiger partial charge in [-0.3, -0.25) is 4.99 Å². The van der Waals surface area contributed by atoms with E-state index < -0.39 is 5.60 Å². The third-order valence-corrected chi connectivity index (χ3v) is 6.27. The molecule has 3 N–H and O–H groups in total. The Morgan fingerprint density at radius 3 is 2.09 bits per heavy atom. The van der Waals surface area contributed by atoms with Crippen molar-refractivity contribution in [2.75, 3.05) is 6.54 Å². The van der Waals surface area contributed by atoms with Crippen molar-refractivity contribution in [1.29, 1.82) is 0 Å².